The van der Waals surface area contributed by atoms with Gasteiger partial charge in [-0.15, -0.1) is 6.58 Å². The maximum Gasteiger partial charge on any atom is 0.114 e. The largest absolute Gasteiger partial charge is 0.360 e. The first-order chi connectivity index (χ1) is 6.63. The molecule has 2 rings (SSSR count). The van der Waals surface area contributed by atoms with E-state index >= 15 is 0 Å². The van der Waals surface area contributed by atoms with Crippen LogP contribution in [0.2, 0.25) is 0 Å². The summed E-state index contributed by atoms with van der Waals surface area (Å²) in [6, 6.07) is 4.42. The Kier molecular flexibility index (Phi) is 2.20. The molecule has 1 aromatic carbocycles. The zero-order chi connectivity index (χ0) is 10.3. The van der Waals surface area contributed by atoms with Crippen molar-refractivity contribution in [3.05, 3.63) is 47.0 Å². The monoisotopic (exact) mass is 188 g/mol. The van der Waals surface area contributed by atoms with E-state index in [9.17, 15) is 0 Å². The van der Waals surface area contributed by atoms with Crippen molar-refractivity contribution in [2.45, 2.75) is 33.0 Å². The van der Waals surface area contributed by atoms with E-state index in [0.29, 0.717) is 0 Å². The second kappa shape index (κ2) is 3.25. The second-order valence-electron chi connectivity index (χ2n) is 4.07. The Bertz CT molecular complexity index is 356. The standard InChI is InChI=1S/C13H16O/c1-5-11-13(14-11)12-9(3)6-8(2)7-10(12)4/h5-7,11,13H,1H2,2-4H3/t11-,13+/m0/s1. The molecular formula is C13H16O. The predicted molar refractivity (Wildman–Crippen MR) is 58.5 cm³/mol. The molecule has 1 aliphatic rings. The van der Waals surface area contributed by atoms with Crippen molar-refractivity contribution in [2.75, 3.05) is 0 Å². The highest BCUT2D eigenvalue weighted by molar-refractivity contribution is 5.41. The highest BCUT2D eigenvalue weighted by Crippen LogP contribution is 2.42. The number of hydrogen-bond donors (Lipinski definition) is 0. The summed E-state index contributed by atoms with van der Waals surface area (Å²) in [6.45, 7) is 10.2. The highest BCUT2D eigenvalue weighted by Gasteiger charge is 2.39. The van der Waals surface area contributed by atoms with Crippen LogP contribution in [0.3, 0.4) is 0 Å². The Morgan fingerprint density at radius 3 is 2.21 bits per heavy atom. The third kappa shape index (κ3) is 1.48. The van der Waals surface area contributed by atoms with Crippen molar-refractivity contribution >= 4 is 0 Å². The van der Waals surface area contributed by atoms with Crippen LogP contribution in [0.4, 0.5) is 0 Å². The van der Waals surface area contributed by atoms with Crippen molar-refractivity contribution in [1.29, 1.82) is 0 Å². The van der Waals surface area contributed by atoms with E-state index in [1.165, 1.54) is 22.3 Å². The van der Waals surface area contributed by atoms with Gasteiger partial charge in [0.25, 0.3) is 0 Å². The van der Waals surface area contributed by atoms with Gasteiger partial charge in [0.15, 0.2) is 0 Å². The predicted octanol–water partition coefficient (Wildman–Crippen LogP) is 3.24. The lowest BCUT2D eigenvalue weighted by Gasteiger charge is -2.08. The summed E-state index contributed by atoms with van der Waals surface area (Å²) in [5.41, 5.74) is 5.33. The quantitative estimate of drug-likeness (QED) is 0.512. The van der Waals surface area contributed by atoms with Gasteiger partial charge in [-0.2, -0.15) is 0 Å². The Morgan fingerprint density at radius 1 is 1.21 bits per heavy atom. The van der Waals surface area contributed by atoms with Crippen LogP contribution in [0.15, 0.2) is 24.8 Å². The van der Waals surface area contributed by atoms with Crippen molar-refractivity contribution in [3.8, 4) is 0 Å². The van der Waals surface area contributed by atoms with Crippen LogP contribution < -0.4 is 0 Å². The van der Waals surface area contributed by atoms with E-state index in [1.807, 2.05) is 6.08 Å². The molecule has 0 bridgehead atoms. The maximum absolute atomic E-state index is 5.54. The van der Waals surface area contributed by atoms with Crippen LogP contribution >= 0.6 is 0 Å². The number of hydrogen-bond acceptors (Lipinski definition) is 1. The minimum absolute atomic E-state index is 0.232. The molecule has 1 aromatic rings. The molecule has 1 aliphatic heterocycles. The average molecular weight is 188 g/mol. The van der Waals surface area contributed by atoms with Crippen LogP contribution in [0.25, 0.3) is 0 Å². The molecule has 0 aliphatic carbocycles. The molecule has 1 heterocycles. The minimum atomic E-state index is 0.232. The van der Waals surface area contributed by atoms with E-state index in [2.05, 4.69) is 39.5 Å². The van der Waals surface area contributed by atoms with Gasteiger partial charge in [-0.1, -0.05) is 23.8 Å². The number of epoxide rings is 1. The fraction of sp³-hybridized carbons (Fsp3) is 0.385. The van der Waals surface area contributed by atoms with Gasteiger partial charge in [-0.25, -0.2) is 0 Å². The number of rotatable bonds is 2. The van der Waals surface area contributed by atoms with E-state index in [1.54, 1.807) is 0 Å². The second-order valence-corrected chi connectivity index (χ2v) is 4.07. The topological polar surface area (TPSA) is 12.5 Å². The third-order valence-electron chi connectivity index (χ3n) is 2.78. The molecule has 14 heavy (non-hydrogen) atoms. The van der Waals surface area contributed by atoms with Gasteiger partial charge in [0.05, 0.1) is 0 Å². The molecule has 1 fully saturated rings. The van der Waals surface area contributed by atoms with E-state index < -0.39 is 0 Å². The van der Waals surface area contributed by atoms with Gasteiger partial charge in [0.1, 0.15) is 12.2 Å². The summed E-state index contributed by atoms with van der Waals surface area (Å²) in [5, 5.41) is 0. The summed E-state index contributed by atoms with van der Waals surface area (Å²) in [6.07, 6.45) is 2.37. The molecule has 0 radical (unpaired) electrons. The lowest BCUT2D eigenvalue weighted by Crippen LogP contribution is -1.94. The van der Waals surface area contributed by atoms with Crippen LogP contribution in [0.1, 0.15) is 28.4 Å². The molecule has 0 N–H and O–H groups in total. The van der Waals surface area contributed by atoms with E-state index in [-0.39, 0.29) is 12.2 Å². The SMILES string of the molecule is C=C[C@@H]1O[C@H]1c1c(C)cc(C)cc1C. The molecule has 2 atom stereocenters. The number of benzene rings is 1. The van der Waals surface area contributed by atoms with E-state index in [0.717, 1.165) is 0 Å². The summed E-state index contributed by atoms with van der Waals surface area (Å²) >= 11 is 0. The van der Waals surface area contributed by atoms with Gasteiger partial charge < -0.3 is 4.74 Å². The molecule has 0 spiro atoms. The first-order valence-corrected chi connectivity index (χ1v) is 4.99. The van der Waals surface area contributed by atoms with Crippen molar-refractivity contribution in [2.24, 2.45) is 0 Å². The molecule has 0 amide bonds. The lowest BCUT2D eigenvalue weighted by molar-refractivity contribution is 0.393. The van der Waals surface area contributed by atoms with Gasteiger partial charge in [-0.3, -0.25) is 0 Å². The Hall–Kier alpha value is -1.08. The first-order valence-electron chi connectivity index (χ1n) is 4.99. The van der Waals surface area contributed by atoms with Gasteiger partial charge in [-0.05, 0) is 37.5 Å². The minimum Gasteiger partial charge on any atom is -0.360 e. The fourth-order valence-electron chi connectivity index (χ4n) is 2.18. The molecule has 74 valence electrons. The zero-order valence-electron chi connectivity index (χ0n) is 9.00. The zero-order valence-corrected chi connectivity index (χ0v) is 9.00. The number of ether oxygens (including phenoxy) is 1. The smallest absolute Gasteiger partial charge is 0.114 e. The lowest BCUT2D eigenvalue weighted by atomic mass is 9.96. The number of aryl methyl sites for hydroxylation is 3. The van der Waals surface area contributed by atoms with Gasteiger partial charge in [0, 0.05) is 0 Å². The highest BCUT2D eigenvalue weighted by atomic mass is 16.6. The van der Waals surface area contributed by atoms with Crippen LogP contribution in [-0.4, -0.2) is 6.10 Å². The normalized spacial score (nSPS) is 24.8. The molecule has 0 saturated carbocycles. The van der Waals surface area contributed by atoms with Crippen LogP contribution in [0.5, 0.6) is 0 Å². The molecular weight excluding hydrogens is 172 g/mol. The Labute approximate surface area is 85.4 Å². The summed E-state index contributed by atoms with van der Waals surface area (Å²) in [4.78, 5) is 0. The third-order valence-corrected chi connectivity index (χ3v) is 2.78. The average Bonchev–Trinajstić information content (AvgIpc) is 2.81. The van der Waals surface area contributed by atoms with Crippen molar-refractivity contribution in [1.82, 2.24) is 0 Å². The van der Waals surface area contributed by atoms with Gasteiger partial charge >= 0.3 is 0 Å². The Balaban J connectivity index is 2.39. The summed E-state index contributed by atoms with van der Waals surface area (Å²) < 4.78 is 5.54. The summed E-state index contributed by atoms with van der Waals surface area (Å²) in [5.74, 6) is 0. The van der Waals surface area contributed by atoms with Crippen LogP contribution in [0, 0.1) is 20.8 Å². The maximum atomic E-state index is 5.54. The first kappa shape index (κ1) is 9.47. The fourth-order valence-corrected chi connectivity index (χ4v) is 2.18. The molecule has 1 nitrogen and oxygen atoms in total. The van der Waals surface area contributed by atoms with Crippen molar-refractivity contribution < 1.29 is 4.74 Å². The molecule has 1 saturated heterocycles. The van der Waals surface area contributed by atoms with Crippen molar-refractivity contribution in [3.63, 3.8) is 0 Å². The molecule has 0 aromatic heterocycles. The Morgan fingerprint density at radius 2 is 1.79 bits per heavy atom. The van der Waals surface area contributed by atoms with E-state index in [4.69, 9.17) is 4.74 Å². The summed E-state index contributed by atoms with van der Waals surface area (Å²) in [7, 11) is 0. The molecule has 1 heteroatoms. The van der Waals surface area contributed by atoms with Crippen LogP contribution in [-0.2, 0) is 4.74 Å². The van der Waals surface area contributed by atoms with Gasteiger partial charge in [0.2, 0.25) is 0 Å². The molecule has 0 unspecified atom stereocenters.